The number of anilines is 2. The van der Waals surface area contributed by atoms with Gasteiger partial charge in [-0.15, -0.1) is 0 Å². The second-order valence-corrected chi connectivity index (χ2v) is 5.86. The lowest BCUT2D eigenvalue weighted by Crippen LogP contribution is -2.20. The number of hydrogen-bond acceptors (Lipinski definition) is 5. The first-order valence-electron chi connectivity index (χ1n) is 7.76. The first kappa shape index (κ1) is 18.3. The van der Waals surface area contributed by atoms with Crippen LogP contribution in [0.1, 0.15) is 10.4 Å². The zero-order valence-corrected chi connectivity index (χ0v) is 14.6. The number of para-hydroxylation sites is 1. The van der Waals surface area contributed by atoms with Crippen molar-refractivity contribution in [3.8, 4) is 6.07 Å². The van der Waals surface area contributed by atoms with E-state index >= 15 is 0 Å². The number of benzene rings is 2. The average molecular weight is 386 g/mol. The van der Waals surface area contributed by atoms with Gasteiger partial charge in [-0.2, -0.15) is 5.26 Å². The van der Waals surface area contributed by atoms with Crippen LogP contribution in [-0.4, -0.2) is 17.8 Å². The molecule has 0 aliphatic carbocycles. The smallest absolute Gasteiger partial charge is 0.335 e. The summed E-state index contributed by atoms with van der Waals surface area (Å²) in [6.07, 6.45) is 3.06. The summed E-state index contributed by atoms with van der Waals surface area (Å²) in [7, 11) is 0. The molecule has 0 radical (unpaired) electrons. The summed E-state index contributed by atoms with van der Waals surface area (Å²) in [5.41, 5.74) is 1.04. The SMILES string of the molecule is N#CC1=C(/C=C/Nc2ccc(C(=O)O)cc2)OCN1c1c(F)cccc1Cl. The summed E-state index contributed by atoms with van der Waals surface area (Å²) in [4.78, 5) is 12.2. The third-order valence-electron chi connectivity index (χ3n) is 3.78. The van der Waals surface area contributed by atoms with Crippen LogP contribution in [0.15, 0.2) is 66.2 Å². The predicted molar refractivity (Wildman–Crippen MR) is 98.6 cm³/mol. The molecule has 6 nitrogen and oxygen atoms in total. The highest BCUT2D eigenvalue weighted by atomic mass is 35.5. The fourth-order valence-corrected chi connectivity index (χ4v) is 2.75. The van der Waals surface area contributed by atoms with E-state index in [-0.39, 0.29) is 34.5 Å². The number of nitriles is 1. The van der Waals surface area contributed by atoms with Crippen LogP contribution in [0.2, 0.25) is 5.02 Å². The van der Waals surface area contributed by atoms with Crippen molar-refractivity contribution in [1.82, 2.24) is 0 Å². The Labute approximate surface area is 159 Å². The molecule has 0 bridgehead atoms. The number of rotatable bonds is 5. The van der Waals surface area contributed by atoms with E-state index in [0.29, 0.717) is 5.69 Å². The van der Waals surface area contributed by atoms with Crippen LogP contribution in [0, 0.1) is 17.1 Å². The van der Waals surface area contributed by atoms with Gasteiger partial charge in [-0.05, 0) is 42.5 Å². The lowest BCUT2D eigenvalue weighted by atomic mass is 10.2. The Kier molecular flexibility index (Phi) is 5.29. The molecule has 0 aromatic heterocycles. The number of nitrogens with one attached hydrogen (secondary N) is 1. The van der Waals surface area contributed by atoms with E-state index in [0.717, 1.165) is 0 Å². The van der Waals surface area contributed by atoms with Gasteiger partial charge in [0.1, 0.15) is 11.9 Å². The van der Waals surface area contributed by atoms with E-state index in [9.17, 15) is 14.4 Å². The van der Waals surface area contributed by atoms with Gasteiger partial charge in [0.15, 0.2) is 18.2 Å². The Bertz CT molecular complexity index is 960. The molecule has 0 amide bonds. The predicted octanol–water partition coefficient (Wildman–Crippen LogP) is 4.33. The highest BCUT2D eigenvalue weighted by Gasteiger charge is 2.27. The first-order valence-corrected chi connectivity index (χ1v) is 8.14. The number of hydrogen-bond donors (Lipinski definition) is 2. The summed E-state index contributed by atoms with van der Waals surface area (Å²) in [6.45, 7) is -0.0451. The van der Waals surface area contributed by atoms with Crippen molar-refractivity contribution < 1.29 is 19.0 Å². The molecule has 27 heavy (non-hydrogen) atoms. The summed E-state index contributed by atoms with van der Waals surface area (Å²) >= 11 is 6.06. The molecular formula is C19H13ClFN3O3. The van der Waals surface area contributed by atoms with Crippen molar-refractivity contribution in [2.75, 3.05) is 16.9 Å². The molecule has 8 heteroatoms. The monoisotopic (exact) mass is 385 g/mol. The molecular weight excluding hydrogens is 373 g/mol. The molecule has 1 aliphatic heterocycles. The standard InChI is InChI=1S/C19H13ClFN3O3/c20-14-2-1-3-15(21)18(14)24-11-27-17(16(24)10-22)8-9-23-13-6-4-12(5-7-13)19(25)26/h1-9,23H,11H2,(H,25,26)/b9-8+. The van der Waals surface area contributed by atoms with Gasteiger partial charge in [-0.3, -0.25) is 4.90 Å². The maximum absolute atomic E-state index is 14.1. The molecule has 1 aliphatic rings. The summed E-state index contributed by atoms with van der Waals surface area (Å²) < 4.78 is 19.6. The highest BCUT2D eigenvalue weighted by Crippen LogP contribution is 2.35. The zero-order valence-electron chi connectivity index (χ0n) is 13.8. The van der Waals surface area contributed by atoms with Crippen LogP contribution in [0.3, 0.4) is 0 Å². The number of ether oxygens (including phenoxy) is 1. The number of nitrogens with zero attached hydrogens (tertiary/aromatic N) is 2. The van der Waals surface area contributed by atoms with Gasteiger partial charge in [0.2, 0.25) is 0 Å². The molecule has 1 heterocycles. The van der Waals surface area contributed by atoms with Crippen molar-refractivity contribution in [1.29, 1.82) is 5.26 Å². The normalized spacial score (nSPS) is 13.6. The fourth-order valence-electron chi connectivity index (χ4n) is 2.49. The fraction of sp³-hybridized carbons (Fsp3) is 0.0526. The third kappa shape index (κ3) is 3.86. The van der Waals surface area contributed by atoms with Crippen LogP contribution in [0.5, 0.6) is 0 Å². The van der Waals surface area contributed by atoms with Crippen LogP contribution in [0.4, 0.5) is 15.8 Å². The second-order valence-electron chi connectivity index (χ2n) is 5.46. The van der Waals surface area contributed by atoms with E-state index in [1.807, 2.05) is 6.07 Å². The topological polar surface area (TPSA) is 85.6 Å². The van der Waals surface area contributed by atoms with Gasteiger partial charge in [-0.25, -0.2) is 9.18 Å². The Balaban J connectivity index is 1.78. The Morgan fingerprint density at radius 3 is 2.70 bits per heavy atom. The lowest BCUT2D eigenvalue weighted by molar-refractivity contribution is 0.0697. The minimum absolute atomic E-state index is 0.0451. The second kappa shape index (κ2) is 7.81. The van der Waals surface area contributed by atoms with Gasteiger partial charge in [0, 0.05) is 11.9 Å². The van der Waals surface area contributed by atoms with Gasteiger partial charge >= 0.3 is 5.97 Å². The van der Waals surface area contributed by atoms with Crippen LogP contribution < -0.4 is 10.2 Å². The highest BCUT2D eigenvalue weighted by molar-refractivity contribution is 6.33. The maximum atomic E-state index is 14.1. The molecule has 2 aromatic rings. The number of carboxylic acid groups (broad SMARTS) is 1. The third-order valence-corrected chi connectivity index (χ3v) is 4.09. The molecule has 2 N–H and O–H groups in total. The first-order chi connectivity index (χ1) is 13.0. The Hall–Kier alpha value is -3.50. The van der Waals surface area contributed by atoms with E-state index in [1.54, 1.807) is 12.1 Å². The van der Waals surface area contributed by atoms with Crippen molar-refractivity contribution in [3.05, 3.63) is 82.6 Å². The molecule has 3 rings (SSSR count). The van der Waals surface area contributed by atoms with Gasteiger partial charge < -0.3 is 15.2 Å². The van der Waals surface area contributed by atoms with Crippen molar-refractivity contribution in [2.24, 2.45) is 0 Å². The lowest BCUT2D eigenvalue weighted by Gasteiger charge is -2.17. The van der Waals surface area contributed by atoms with Crippen LogP contribution in [-0.2, 0) is 4.74 Å². The van der Waals surface area contributed by atoms with Gasteiger partial charge in [-0.1, -0.05) is 17.7 Å². The van der Waals surface area contributed by atoms with E-state index in [4.69, 9.17) is 21.4 Å². The number of halogens is 2. The quantitative estimate of drug-likeness (QED) is 0.796. The molecule has 2 aromatic carbocycles. The van der Waals surface area contributed by atoms with E-state index < -0.39 is 11.8 Å². The molecule has 0 unspecified atom stereocenters. The van der Waals surface area contributed by atoms with Crippen LogP contribution in [0.25, 0.3) is 0 Å². The average Bonchev–Trinajstić information content (AvgIpc) is 3.04. The van der Waals surface area contributed by atoms with Crippen LogP contribution >= 0.6 is 11.6 Å². The summed E-state index contributed by atoms with van der Waals surface area (Å²) in [6, 6.07) is 12.4. The number of carboxylic acids is 1. The molecule has 0 atom stereocenters. The van der Waals surface area contributed by atoms with Crippen molar-refractivity contribution >= 4 is 28.9 Å². The molecule has 0 spiro atoms. The Morgan fingerprint density at radius 1 is 1.33 bits per heavy atom. The summed E-state index contributed by atoms with van der Waals surface area (Å²) in [5, 5.41) is 21.4. The van der Waals surface area contributed by atoms with E-state index in [1.165, 1.54) is 47.5 Å². The molecule has 0 saturated carbocycles. The van der Waals surface area contributed by atoms with Gasteiger partial charge in [0.25, 0.3) is 0 Å². The van der Waals surface area contributed by atoms with Crippen molar-refractivity contribution in [2.45, 2.75) is 0 Å². The number of aromatic carboxylic acids is 1. The minimum atomic E-state index is -1.01. The molecule has 0 saturated heterocycles. The van der Waals surface area contributed by atoms with Gasteiger partial charge in [0.05, 0.1) is 16.3 Å². The largest absolute Gasteiger partial charge is 0.478 e. The summed E-state index contributed by atoms with van der Waals surface area (Å²) in [5.74, 6) is -1.31. The van der Waals surface area contributed by atoms with E-state index in [2.05, 4.69) is 5.32 Å². The molecule has 0 fully saturated rings. The molecule has 136 valence electrons. The Morgan fingerprint density at radius 2 is 2.07 bits per heavy atom. The number of allylic oxidation sites excluding steroid dienone is 2. The maximum Gasteiger partial charge on any atom is 0.335 e. The minimum Gasteiger partial charge on any atom is -0.478 e. The van der Waals surface area contributed by atoms with Crippen molar-refractivity contribution in [3.63, 3.8) is 0 Å². The zero-order chi connectivity index (χ0) is 19.4. The number of carbonyl (C=O) groups is 1.